The van der Waals surface area contributed by atoms with E-state index in [1.165, 1.54) is 16.0 Å². The first-order valence-electron chi connectivity index (χ1n) is 5.56. The van der Waals surface area contributed by atoms with E-state index in [-0.39, 0.29) is 0 Å². The van der Waals surface area contributed by atoms with E-state index in [0.717, 1.165) is 16.1 Å². The van der Waals surface area contributed by atoms with Crippen molar-refractivity contribution in [2.24, 2.45) is 0 Å². The molecule has 1 unspecified atom stereocenters. The van der Waals surface area contributed by atoms with Crippen LogP contribution in [0.4, 0.5) is 0 Å². The van der Waals surface area contributed by atoms with Crippen molar-refractivity contribution in [3.8, 4) is 0 Å². The van der Waals surface area contributed by atoms with Crippen molar-refractivity contribution in [3.63, 3.8) is 0 Å². The molecule has 1 aromatic carbocycles. The van der Waals surface area contributed by atoms with Crippen LogP contribution in [0.1, 0.15) is 21.9 Å². The van der Waals surface area contributed by atoms with Crippen LogP contribution in [0.5, 0.6) is 0 Å². The first-order chi connectivity index (χ1) is 8.19. The van der Waals surface area contributed by atoms with E-state index in [0.29, 0.717) is 5.92 Å². The first-order valence-corrected chi connectivity index (χ1v) is 7.87. The van der Waals surface area contributed by atoms with Crippen molar-refractivity contribution in [2.75, 3.05) is 5.33 Å². The maximum atomic E-state index is 5.97. The summed E-state index contributed by atoms with van der Waals surface area (Å²) in [6, 6.07) is 12.8. The quantitative estimate of drug-likeness (QED) is 0.656. The summed E-state index contributed by atoms with van der Waals surface area (Å²) in [6.07, 6.45) is 1.05. The van der Waals surface area contributed by atoms with E-state index in [9.17, 15) is 0 Å². The Morgan fingerprint density at radius 2 is 2.12 bits per heavy atom. The summed E-state index contributed by atoms with van der Waals surface area (Å²) in [5.74, 6) is 0.518. The first kappa shape index (κ1) is 13.1. The Morgan fingerprint density at radius 1 is 1.29 bits per heavy atom. The van der Waals surface area contributed by atoms with Crippen LogP contribution in [0.15, 0.2) is 36.4 Å². The lowest BCUT2D eigenvalue weighted by atomic mass is 9.96. The lowest BCUT2D eigenvalue weighted by Crippen LogP contribution is -2.03. The zero-order chi connectivity index (χ0) is 12.3. The molecule has 0 aliphatic heterocycles. The number of rotatable bonds is 4. The Morgan fingerprint density at radius 3 is 2.71 bits per heavy atom. The van der Waals surface area contributed by atoms with Crippen LogP contribution in [0.2, 0.25) is 4.34 Å². The number of halogens is 2. The molecule has 17 heavy (non-hydrogen) atoms. The average molecular weight is 330 g/mol. The molecule has 0 bridgehead atoms. The van der Waals surface area contributed by atoms with Gasteiger partial charge in [-0.15, -0.1) is 11.3 Å². The zero-order valence-electron chi connectivity index (χ0n) is 9.62. The molecule has 2 rings (SSSR count). The summed E-state index contributed by atoms with van der Waals surface area (Å²) in [4.78, 5) is 1.35. The van der Waals surface area contributed by atoms with Crippen molar-refractivity contribution in [1.29, 1.82) is 0 Å². The topological polar surface area (TPSA) is 0 Å². The van der Waals surface area contributed by atoms with E-state index < -0.39 is 0 Å². The SMILES string of the molecule is Cc1cccc(C(CBr)Cc2ccc(Cl)s2)c1. The van der Waals surface area contributed by atoms with Crippen molar-refractivity contribution in [1.82, 2.24) is 0 Å². The van der Waals surface area contributed by atoms with Crippen molar-refractivity contribution >= 4 is 38.9 Å². The molecule has 0 aliphatic rings. The second-order valence-corrected chi connectivity index (χ2v) is 6.62. The maximum absolute atomic E-state index is 5.97. The fourth-order valence-electron chi connectivity index (χ4n) is 1.89. The third-order valence-electron chi connectivity index (χ3n) is 2.78. The average Bonchev–Trinajstić information content (AvgIpc) is 2.72. The Hall–Kier alpha value is -0.310. The van der Waals surface area contributed by atoms with Gasteiger partial charge in [-0.1, -0.05) is 57.4 Å². The maximum Gasteiger partial charge on any atom is 0.0931 e. The van der Waals surface area contributed by atoms with Crippen LogP contribution >= 0.6 is 38.9 Å². The molecular weight excluding hydrogens is 316 g/mol. The van der Waals surface area contributed by atoms with Crippen LogP contribution in [-0.2, 0) is 6.42 Å². The van der Waals surface area contributed by atoms with Crippen LogP contribution < -0.4 is 0 Å². The molecule has 1 aromatic heterocycles. The van der Waals surface area contributed by atoms with Gasteiger partial charge < -0.3 is 0 Å². The lowest BCUT2D eigenvalue weighted by Gasteiger charge is -2.14. The minimum atomic E-state index is 0.518. The number of aryl methyl sites for hydroxylation is 1. The van der Waals surface area contributed by atoms with E-state index >= 15 is 0 Å². The third-order valence-corrected chi connectivity index (χ3v) is 4.81. The monoisotopic (exact) mass is 328 g/mol. The normalized spacial score (nSPS) is 12.6. The van der Waals surface area contributed by atoms with Gasteiger partial charge in [0.25, 0.3) is 0 Å². The van der Waals surface area contributed by atoms with E-state index in [4.69, 9.17) is 11.6 Å². The fraction of sp³-hybridized carbons (Fsp3) is 0.286. The van der Waals surface area contributed by atoms with Gasteiger partial charge in [0.2, 0.25) is 0 Å². The number of hydrogen-bond donors (Lipinski definition) is 0. The van der Waals surface area contributed by atoms with Crippen LogP contribution in [0.25, 0.3) is 0 Å². The smallest absolute Gasteiger partial charge is 0.0931 e. The van der Waals surface area contributed by atoms with Gasteiger partial charge in [0.15, 0.2) is 0 Å². The predicted molar refractivity (Wildman–Crippen MR) is 80.7 cm³/mol. The Balaban J connectivity index is 2.16. The molecule has 0 N–H and O–H groups in total. The molecule has 0 spiro atoms. The molecule has 0 saturated carbocycles. The van der Waals surface area contributed by atoms with Gasteiger partial charge >= 0.3 is 0 Å². The molecule has 3 heteroatoms. The van der Waals surface area contributed by atoms with Gasteiger partial charge in [-0.2, -0.15) is 0 Å². The summed E-state index contributed by atoms with van der Waals surface area (Å²) in [5, 5.41) is 0.978. The highest BCUT2D eigenvalue weighted by atomic mass is 79.9. The molecule has 0 radical (unpaired) electrons. The van der Waals surface area contributed by atoms with Gasteiger partial charge in [-0.05, 0) is 37.0 Å². The molecule has 90 valence electrons. The Labute approximate surface area is 120 Å². The minimum absolute atomic E-state index is 0.518. The number of alkyl halides is 1. The molecular formula is C14H14BrClS. The highest BCUT2D eigenvalue weighted by Crippen LogP contribution is 2.29. The molecule has 2 aromatic rings. The molecule has 1 heterocycles. The molecule has 1 atom stereocenters. The second kappa shape index (κ2) is 6.03. The zero-order valence-corrected chi connectivity index (χ0v) is 12.8. The van der Waals surface area contributed by atoms with Crippen molar-refractivity contribution < 1.29 is 0 Å². The van der Waals surface area contributed by atoms with Gasteiger partial charge in [-0.3, -0.25) is 0 Å². The summed E-state index contributed by atoms with van der Waals surface area (Å²) in [7, 11) is 0. The summed E-state index contributed by atoms with van der Waals surface area (Å²) < 4.78 is 0.873. The van der Waals surface area contributed by atoms with Crippen molar-refractivity contribution in [3.05, 3.63) is 56.7 Å². The largest absolute Gasteiger partial charge is 0.128 e. The molecule has 0 amide bonds. The number of thiophene rings is 1. The van der Waals surface area contributed by atoms with Crippen LogP contribution in [0.3, 0.4) is 0 Å². The van der Waals surface area contributed by atoms with E-state index in [1.54, 1.807) is 11.3 Å². The van der Waals surface area contributed by atoms with Crippen LogP contribution in [0, 0.1) is 6.92 Å². The van der Waals surface area contributed by atoms with E-state index in [1.807, 2.05) is 6.07 Å². The molecule has 0 saturated heterocycles. The fourth-order valence-corrected chi connectivity index (χ4v) is 3.66. The van der Waals surface area contributed by atoms with Gasteiger partial charge in [-0.25, -0.2) is 0 Å². The standard InChI is InChI=1S/C14H14BrClS/c1-10-3-2-4-11(7-10)12(9-15)8-13-5-6-14(16)17-13/h2-7,12H,8-9H2,1H3. The number of benzene rings is 1. The van der Waals surface area contributed by atoms with Gasteiger partial charge in [0.05, 0.1) is 4.34 Å². The summed E-state index contributed by atoms with van der Waals surface area (Å²) >= 11 is 11.3. The lowest BCUT2D eigenvalue weighted by molar-refractivity contribution is 0.785. The summed E-state index contributed by atoms with van der Waals surface area (Å²) in [6.45, 7) is 2.14. The Bertz CT molecular complexity index is 492. The third kappa shape index (κ3) is 3.57. The van der Waals surface area contributed by atoms with Crippen LogP contribution in [-0.4, -0.2) is 5.33 Å². The second-order valence-electron chi connectivity index (χ2n) is 4.18. The Kier molecular flexibility index (Phi) is 4.66. The number of hydrogen-bond acceptors (Lipinski definition) is 1. The minimum Gasteiger partial charge on any atom is -0.128 e. The summed E-state index contributed by atoms with van der Waals surface area (Å²) in [5.41, 5.74) is 2.71. The van der Waals surface area contributed by atoms with Gasteiger partial charge in [0, 0.05) is 10.2 Å². The molecule has 0 fully saturated rings. The molecule has 0 nitrogen and oxygen atoms in total. The highest BCUT2D eigenvalue weighted by molar-refractivity contribution is 9.09. The highest BCUT2D eigenvalue weighted by Gasteiger charge is 2.12. The van der Waals surface area contributed by atoms with Gasteiger partial charge in [0.1, 0.15) is 0 Å². The molecule has 0 aliphatic carbocycles. The predicted octanol–water partition coefficient (Wildman–Crippen LogP) is 5.43. The van der Waals surface area contributed by atoms with Crippen molar-refractivity contribution in [2.45, 2.75) is 19.3 Å². The van der Waals surface area contributed by atoms with E-state index in [2.05, 4.69) is 53.2 Å².